The first-order chi connectivity index (χ1) is 28.4. The molecule has 1 aliphatic rings. The quantitative estimate of drug-likeness (QED) is 0.0388. The van der Waals surface area contributed by atoms with Gasteiger partial charge in [0.1, 0.15) is 0 Å². The second kappa shape index (κ2) is 33.8. The molecule has 2 aromatic carbocycles. The Hall–Kier alpha value is -1.82. The van der Waals surface area contributed by atoms with Gasteiger partial charge in [0, 0.05) is 22.3 Å². The van der Waals surface area contributed by atoms with Gasteiger partial charge >= 0.3 is 28.8 Å². The van der Waals surface area contributed by atoms with Crippen molar-refractivity contribution in [3.63, 3.8) is 0 Å². The van der Waals surface area contributed by atoms with Crippen LogP contribution in [-0.2, 0) is 43.7 Å². The molecule has 0 aromatic heterocycles. The zero-order valence-corrected chi connectivity index (χ0v) is 41.1. The second-order valence-corrected chi connectivity index (χ2v) is 19.1. The van der Waals surface area contributed by atoms with Crippen molar-refractivity contribution in [1.82, 2.24) is 0 Å². The normalized spacial score (nSPS) is 12.9. The van der Waals surface area contributed by atoms with Crippen LogP contribution in [0.4, 0.5) is 0 Å². The molecular weight excluding hydrogens is 795 g/mol. The molecule has 3 heteroatoms. The predicted octanol–water partition coefficient (Wildman–Crippen LogP) is 18.8. The van der Waals surface area contributed by atoms with Gasteiger partial charge in [-0.3, -0.25) is 0 Å². The molecule has 1 aliphatic heterocycles. The summed E-state index contributed by atoms with van der Waals surface area (Å²) in [4.78, 5) is 0. The monoisotopic (exact) mass is 887 g/mol. The third-order valence-electron chi connectivity index (χ3n) is 12.1. The first-order valence-corrected chi connectivity index (χ1v) is 28.0. The van der Waals surface area contributed by atoms with Crippen LogP contribution in [0.2, 0.25) is 10.8 Å². The summed E-state index contributed by atoms with van der Waals surface area (Å²) < 4.78 is 1.70. The fourth-order valence-corrected chi connectivity index (χ4v) is 8.80. The van der Waals surface area contributed by atoms with Crippen LogP contribution in [0.1, 0.15) is 248 Å². The van der Waals surface area contributed by atoms with Gasteiger partial charge in [-0.15, -0.1) is 0 Å². The molecule has 58 heavy (non-hydrogen) atoms. The molecule has 0 N–H and O–H groups in total. The van der Waals surface area contributed by atoms with Gasteiger partial charge in [-0.05, 0) is 124 Å². The SMILES string of the molecule is CCCCCCCCc1cc(CCCCCCCC)cc(C2=C(CCCCC)C(CCCC)=C(c3cc(CCCCCC)cc(CCCCCC)c3)[N+]2=[N-])c1.[CH3][Pd][CH3]. The van der Waals surface area contributed by atoms with E-state index < -0.39 is 0 Å². The fraction of sp³-hybridized carbons (Fsp3) is 0.709. The summed E-state index contributed by atoms with van der Waals surface area (Å²) in [5, 5.41) is 4.35. The maximum atomic E-state index is 12.7. The van der Waals surface area contributed by atoms with E-state index in [1.165, 1.54) is 192 Å². The van der Waals surface area contributed by atoms with Crippen molar-refractivity contribution in [3.05, 3.63) is 86.5 Å². The van der Waals surface area contributed by atoms with E-state index in [9.17, 15) is 5.53 Å². The average Bonchev–Trinajstić information content (AvgIpc) is 3.50. The number of hydrogen-bond donors (Lipinski definition) is 0. The van der Waals surface area contributed by atoms with E-state index in [2.05, 4.69) is 88.7 Å². The summed E-state index contributed by atoms with van der Waals surface area (Å²) in [6.45, 7) is 13.9. The molecule has 0 amide bonds. The van der Waals surface area contributed by atoms with Crippen LogP contribution < -0.4 is 0 Å². The molecule has 0 atom stereocenters. The third kappa shape index (κ3) is 20.2. The van der Waals surface area contributed by atoms with Crippen LogP contribution in [0.5, 0.6) is 0 Å². The standard InChI is InChI=1S/C53H86N2.2CH3.Pd/c1-7-13-19-23-25-30-34-46-39-47(35-31-26-24-20-14-8-2)43-49(42-46)53-51(37-27-17-11-5)50(36-18-12-6)52(55(53)54)48-40-44(32-28-21-15-9-3)38-45(41-48)33-29-22-16-10-4;;;/h38-43H,7-37H2,1-6H3;2*1H3;. The molecule has 1 heterocycles. The van der Waals surface area contributed by atoms with E-state index in [1.54, 1.807) is 4.70 Å². The predicted molar refractivity (Wildman–Crippen MR) is 256 cm³/mol. The number of hydrogen-bond acceptors (Lipinski definition) is 0. The summed E-state index contributed by atoms with van der Waals surface area (Å²) in [5.74, 6) is 0. The molecule has 0 bridgehead atoms. The molecule has 0 unspecified atom stereocenters. The average molecular weight is 888 g/mol. The Bertz CT molecular complexity index is 1380. The topological polar surface area (TPSA) is 25.3 Å². The first-order valence-electron chi connectivity index (χ1n) is 24.9. The van der Waals surface area contributed by atoms with Crippen molar-refractivity contribution in [2.75, 3.05) is 0 Å². The van der Waals surface area contributed by atoms with Crippen molar-refractivity contribution in [1.29, 1.82) is 0 Å². The summed E-state index contributed by atoms with van der Waals surface area (Å²) >= 11 is 0.950. The van der Waals surface area contributed by atoms with E-state index in [4.69, 9.17) is 0 Å². The van der Waals surface area contributed by atoms with Gasteiger partial charge in [-0.1, -0.05) is 176 Å². The maximum absolute atomic E-state index is 12.7. The first kappa shape index (κ1) is 52.3. The van der Waals surface area contributed by atoms with Gasteiger partial charge < -0.3 is 5.53 Å². The Balaban J connectivity index is 0.00000374. The zero-order valence-electron chi connectivity index (χ0n) is 39.6. The van der Waals surface area contributed by atoms with Crippen LogP contribution in [0, 0.1) is 0 Å². The summed E-state index contributed by atoms with van der Waals surface area (Å²) in [7, 11) is 0. The van der Waals surface area contributed by atoms with Crippen molar-refractivity contribution < 1.29 is 22.7 Å². The Morgan fingerprint density at radius 2 is 0.586 bits per heavy atom. The fourth-order valence-electron chi connectivity index (χ4n) is 8.80. The van der Waals surface area contributed by atoms with E-state index in [0.717, 1.165) is 80.7 Å². The number of aryl methyl sites for hydroxylation is 4. The molecule has 2 aromatic rings. The van der Waals surface area contributed by atoms with Gasteiger partial charge in [0.2, 0.25) is 11.4 Å². The molecule has 0 saturated carbocycles. The molecule has 2 nitrogen and oxygen atoms in total. The van der Waals surface area contributed by atoms with Crippen LogP contribution in [0.15, 0.2) is 47.5 Å². The molecule has 0 spiro atoms. The van der Waals surface area contributed by atoms with Crippen molar-refractivity contribution >= 4 is 11.4 Å². The van der Waals surface area contributed by atoms with Crippen LogP contribution in [-0.4, -0.2) is 4.70 Å². The molecular formula is C55H92N2Pd. The van der Waals surface area contributed by atoms with Crippen LogP contribution in [0.25, 0.3) is 16.9 Å². The van der Waals surface area contributed by atoms with E-state index in [1.807, 2.05) is 0 Å². The molecule has 0 fully saturated rings. The number of benzene rings is 2. The van der Waals surface area contributed by atoms with Gasteiger partial charge in [0.05, 0.1) is 0 Å². The molecule has 0 aliphatic carbocycles. The minimum absolute atomic E-state index is 0.950. The summed E-state index contributed by atoms with van der Waals surface area (Å²) in [5.41, 5.74) is 26.1. The molecule has 0 saturated heterocycles. The number of nitrogens with zero attached hydrogens (tertiary/aromatic N) is 2. The Morgan fingerprint density at radius 3 is 0.914 bits per heavy atom. The zero-order chi connectivity index (χ0) is 42.2. The van der Waals surface area contributed by atoms with Crippen molar-refractivity contribution in [2.45, 2.75) is 251 Å². The van der Waals surface area contributed by atoms with E-state index in [-0.39, 0.29) is 0 Å². The summed E-state index contributed by atoms with van der Waals surface area (Å²) in [6.07, 6.45) is 38.7. The number of unbranched alkanes of at least 4 members (excludes halogenated alkanes) is 19. The Labute approximate surface area is 370 Å². The summed E-state index contributed by atoms with van der Waals surface area (Å²) in [6, 6.07) is 14.9. The number of allylic oxidation sites excluding steroid dienone is 2. The second-order valence-electron chi connectivity index (χ2n) is 17.6. The van der Waals surface area contributed by atoms with Gasteiger partial charge in [0.15, 0.2) is 0 Å². The Kier molecular flexibility index (Phi) is 30.5. The molecule has 0 radical (unpaired) electrons. The Morgan fingerprint density at radius 1 is 0.345 bits per heavy atom. The van der Waals surface area contributed by atoms with Crippen LogP contribution in [0.3, 0.4) is 0 Å². The van der Waals surface area contributed by atoms with E-state index >= 15 is 0 Å². The number of rotatable bonds is 33. The third-order valence-corrected chi connectivity index (χ3v) is 12.1. The van der Waals surface area contributed by atoms with Gasteiger partial charge in [0.25, 0.3) is 0 Å². The van der Waals surface area contributed by atoms with Crippen LogP contribution >= 0.6 is 0 Å². The van der Waals surface area contributed by atoms with Crippen molar-refractivity contribution in [3.8, 4) is 0 Å². The van der Waals surface area contributed by atoms with Gasteiger partial charge in [-0.2, -0.15) is 0 Å². The minimum atomic E-state index is 0.950. The molecule has 332 valence electrons. The molecule has 3 rings (SSSR count). The van der Waals surface area contributed by atoms with Gasteiger partial charge in [-0.25, -0.2) is 4.70 Å². The van der Waals surface area contributed by atoms with Crippen molar-refractivity contribution in [2.24, 2.45) is 0 Å². The van der Waals surface area contributed by atoms with E-state index in [0.29, 0.717) is 0 Å².